The highest BCUT2D eigenvalue weighted by Crippen LogP contribution is 2.36. The zero-order valence-corrected chi connectivity index (χ0v) is 21.4. The van der Waals surface area contributed by atoms with Gasteiger partial charge in [-0.2, -0.15) is 0 Å². The molecule has 0 N–H and O–H groups in total. The Hall–Kier alpha value is -1.27. The van der Waals surface area contributed by atoms with Crippen molar-refractivity contribution in [1.82, 2.24) is 0 Å². The van der Waals surface area contributed by atoms with Gasteiger partial charge < -0.3 is 18.9 Å². The van der Waals surface area contributed by atoms with E-state index in [1.165, 1.54) is 5.56 Å². The molecule has 0 spiro atoms. The highest BCUT2D eigenvalue weighted by atomic mass is 79.9. The second-order valence-electron chi connectivity index (χ2n) is 9.20. The van der Waals surface area contributed by atoms with Crippen molar-refractivity contribution in [2.24, 2.45) is 23.7 Å². The van der Waals surface area contributed by atoms with Crippen molar-refractivity contribution >= 4 is 21.9 Å². The van der Waals surface area contributed by atoms with Gasteiger partial charge in [0.1, 0.15) is 6.10 Å². The molecule has 1 fully saturated rings. The van der Waals surface area contributed by atoms with Crippen LogP contribution >= 0.6 is 15.9 Å². The Labute approximate surface area is 196 Å². The molecule has 1 aromatic rings. The summed E-state index contributed by atoms with van der Waals surface area (Å²) < 4.78 is 22.2. The molecule has 0 amide bonds. The first-order valence-electron chi connectivity index (χ1n) is 11.4. The maximum atomic E-state index is 12.2. The molecule has 1 aliphatic heterocycles. The summed E-state index contributed by atoms with van der Waals surface area (Å²) in [4.78, 5) is 12.4. The second kappa shape index (κ2) is 12.7. The minimum Gasteiger partial charge on any atom is -0.493 e. The fraction of sp³-hybridized carbons (Fsp3) is 0.720. The van der Waals surface area contributed by atoms with Gasteiger partial charge >= 0.3 is 5.97 Å². The molecule has 5 nitrogen and oxygen atoms in total. The first-order chi connectivity index (χ1) is 14.8. The van der Waals surface area contributed by atoms with Crippen LogP contribution in [0.25, 0.3) is 0 Å². The number of hydrogen-bond acceptors (Lipinski definition) is 5. The van der Waals surface area contributed by atoms with Crippen molar-refractivity contribution in [1.29, 1.82) is 0 Å². The van der Waals surface area contributed by atoms with Crippen LogP contribution in [0.2, 0.25) is 0 Å². The van der Waals surface area contributed by atoms with E-state index in [0.29, 0.717) is 31.0 Å². The molecule has 0 aliphatic carbocycles. The minimum absolute atomic E-state index is 0.0157. The van der Waals surface area contributed by atoms with Crippen LogP contribution in [-0.4, -0.2) is 44.3 Å². The largest absolute Gasteiger partial charge is 0.493 e. The summed E-state index contributed by atoms with van der Waals surface area (Å²) in [6, 6.07) is 6.19. The number of carbonyl (C=O) groups excluding carboxylic acids is 1. The van der Waals surface area contributed by atoms with Crippen LogP contribution in [-0.2, 0) is 20.7 Å². The Morgan fingerprint density at radius 3 is 2.45 bits per heavy atom. The number of alkyl halides is 1. The van der Waals surface area contributed by atoms with Crippen molar-refractivity contribution in [3.63, 3.8) is 0 Å². The molecule has 0 bridgehead atoms. The van der Waals surface area contributed by atoms with Crippen LogP contribution in [0.3, 0.4) is 0 Å². The molecule has 6 heteroatoms. The monoisotopic (exact) mass is 498 g/mol. The Kier molecular flexibility index (Phi) is 10.6. The zero-order valence-electron chi connectivity index (χ0n) is 19.9. The van der Waals surface area contributed by atoms with Gasteiger partial charge in [0, 0.05) is 20.1 Å². The van der Waals surface area contributed by atoms with E-state index >= 15 is 0 Å². The predicted octanol–water partition coefficient (Wildman–Crippen LogP) is 5.67. The van der Waals surface area contributed by atoms with Crippen molar-refractivity contribution < 1.29 is 23.7 Å². The summed E-state index contributed by atoms with van der Waals surface area (Å²) in [5, 5.41) is 0. The van der Waals surface area contributed by atoms with Gasteiger partial charge in [-0.3, -0.25) is 4.79 Å². The van der Waals surface area contributed by atoms with Crippen LogP contribution in [0.4, 0.5) is 0 Å². The quantitative estimate of drug-likeness (QED) is 0.199. The standard InChI is InChI=1S/C25H39BrO5/c1-16(2)19(14-21(26)23-15-20(17(3)4)25(27)31-23)12-18-8-9-22(29-6)24(13-18)30-11-7-10-28-5/h8-9,13,16-17,19-21,23H,7,10-12,14-15H2,1-6H3/t19-,20-,21?,23?/m0/s1. The third-order valence-electron chi connectivity index (χ3n) is 6.21. The van der Waals surface area contributed by atoms with Crippen LogP contribution < -0.4 is 9.47 Å². The first-order valence-corrected chi connectivity index (χ1v) is 12.3. The molecule has 0 saturated carbocycles. The van der Waals surface area contributed by atoms with Crippen molar-refractivity contribution in [2.45, 2.75) is 64.3 Å². The van der Waals surface area contributed by atoms with Gasteiger partial charge in [0.05, 0.1) is 24.5 Å². The molecule has 2 unspecified atom stereocenters. The van der Waals surface area contributed by atoms with E-state index in [1.807, 2.05) is 6.07 Å². The number of rotatable bonds is 13. The van der Waals surface area contributed by atoms with E-state index < -0.39 is 0 Å². The molecule has 1 aromatic carbocycles. The summed E-state index contributed by atoms with van der Waals surface area (Å²) in [7, 11) is 3.36. The van der Waals surface area contributed by atoms with E-state index in [2.05, 4.69) is 55.8 Å². The summed E-state index contributed by atoms with van der Waals surface area (Å²) in [6.07, 6.45) is 3.49. The van der Waals surface area contributed by atoms with Gasteiger partial charge in [-0.1, -0.05) is 49.7 Å². The third-order valence-corrected chi connectivity index (χ3v) is 7.18. The van der Waals surface area contributed by atoms with Crippen LogP contribution in [0.15, 0.2) is 18.2 Å². The molecule has 2 rings (SSSR count). The van der Waals surface area contributed by atoms with E-state index in [1.54, 1.807) is 14.2 Å². The lowest BCUT2D eigenvalue weighted by Gasteiger charge is -2.26. The van der Waals surface area contributed by atoms with Gasteiger partial charge in [0.25, 0.3) is 0 Å². The maximum Gasteiger partial charge on any atom is 0.309 e. The molecule has 1 heterocycles. The summed E-state index contributed by atoms with van der Waals surface area (Å²) in [5.74, 6) is 2.77. The molecular formula is C25H39BrO5. The second-order valence-corrected chi connectivity index (χ2v) is 10.4. The predicted molar refractivity (Wildman–Crippen MR) is 127 cm³/mol. The van der Waals surface area contributed by atoms with Gasteiger partial charge in [-0.15, -0.1) is 0 Å². The Morgan fingerprint density at radius 2 is 1.87 bits per heavy atom. The maximum absolute atomic E-state index is 12.2. The van der Waals surface area contributed by atoms with Gasteiger partial charge in [-0.25, -0.2) is 0 Å². The molecule has 31 heavy (non-hydrogen) atoms. The molecular weight excluding hydrogens is 460 g/mol. The minimum atomic E-state index is -0.0454. The van der Waals surface area contributed by atoms with Crippen molar-refractivity contribution in [3.8, 4) is 11.5 Å². The van der Waals surface area contributed by atoms with Gasteiger partial charge in [0.2, 0.25) is 0 Å². The number of ether oxygens (including phenoxy) is 4. The number of hydrogen-bond donors (Lipinski definition) is 0. The number of methoxy groups -OCH3 is 2. The Balaban J connectivity index is 2.03. The van der Waals surface area contributed by atoms with Crippen molar-refractivity contribution in [2.75, 3.05) is 27.4 Å². The average molecular weight is 499 g/mol. The lowest BCUT2D eigenvalue weighted by atomic mass is 9.83. The topological polar surface area (TPSA) is 54.0 Å². The molecule has 1 aliphatic rings. The SMILES string of the molecule is COCCCOc1cc(C[C@@H](CC(Br)C2C[C@@H](C(C)C)C(=O)O2)C(C)C)ccc1OC. The average Bonchev–Trinajstić information content (AvgIpc) is 3.13. The number of benzene rings is 1. The van der Waals surface area contributed by atoms with E-state index in [-0.39, 0.29) is 22.8 Å². The molecule has 0 aromatic heterocycles. The van der Waals surface area contributed by atoms with Gasteiger partial charge in [-0.05, 0) is 54.7 Å². The number of esters is 1. The lowest BCUT2D eigenvalue weighted by Crippen LogP contribution is -2.26. The highest BCUT2D eigenvalue weighted by Gasteiger charge is 2.40. The van der Waals surface area contributed by atoms with Gasteiger partial charge in [0.15, 0.2) is 11.5 Å². The Bertz CT molecular complexity index is 690. The van der Waals surface area contributed by atoms with E-state index in [4.69, 9.17) is 18.9 Å². The van der Waals surface area contributed by atoms with E-state index in [9.17, 15) is 4.79 Å². The molecule has 176 valence electrons. The fourth-order valence-electron chi connectivity index (χ4n) is 4.08. The lowest BCUT2D eigenvalue weighted by molar-refractivity contribution is -0.145. The molecule has 0 radical (unpaired) electrons. The number of carbonyl (C=O) groups is 1. The fourth-order valence-corrected chi connectivity index (χ4v) is 4.88. The summed E-state index contributed by atoms with van der Waals surface area (Å²) >= 11 is 3.84. The van der Waals surface area contributed by atoms with Crippen molar-refractivity contribution in [3.05, 3.63) is 23.8 Å². The number of halogens is 1. The molecule has 1 saturated heterocycles. The number of cyclic esters (lactones) is 1. The zero-order chi connectivity index (χ0) is 23.0. The third kappa shape index (κ3) is 7.67. The summed E-state index contributed by atoms with van der Waals surface area (Å²) in [6.45, 7) is 9.96. The highest BCUT2D eigenvalue weighted by molar-refractivity contribution is 9.09. The normalized spacial score (nSPS) is 20.7. The first kappa shape index (κ1) is 26.0. The summed E-state index contributed by atoms with van der Waals surface area (Å²) in [5.41, 5.74) is 1.23. The smallest absolute Gasteiger partial charge is 0.309 e. The Morgan fingerprint density at radius 1 is 1.13 bits per heavy atom. The van der Waals surface area contributed by atoms with Crippen LogP contribution in [0, 0.1) is 23.7 Å². The molecule has 4 atom stereocenters. The van der Waals surface area contributed by atoms with Crippen LogP contribution in [0.1, 0.15) is 52.5 Å². The van der Waals surface area contributed by atoms with Crippen LogP contribution in [0.5, 0.6) is 11.5 Å². The van der Waals surface area contributed by atoms with E-state index in [0.717, 1.165) is 37.2 Å².